The van der Waals surface area contributed by atoms with Crippen LogP contribution in [0.15, 0.2) is 71.5 Å². The van der Waals surface area contributed by atoms with Crippen LogP contribution in [0.3, 0.4) is 0 Å². The lowest BCUT2D eigenvalue weighted by Gasteiger charge is -2.32. The van der Waals surface area contributed by atoms with E-state index in [0.29, 0.717) is 24.8 Å². The number of hydrogen-bond donors (Lipinski definition) is 1. The minimum atomic E-state index is -4.84. The fourth-order valence-electron chi connectivity index (χ4n) is 5.59. The molecule has 0 saturated carbocycles. The summed E-state index contributed by atoms with van der Waals surface area (Å²) in [6.07, 6.45) is -3.91. The molecule has 41 heavy (non-hydrogen) atoms. The van der Waals surface area contributed by atoms with Crippen LogP contribution in [0.5, 0.6) is 0 Å². The molecule has 6 nitrogen and oxygen atoms in total. The van der Waals surface area contributed by atoms with Crippen molar-refractivity contribution in [3.8, 4) is 11.1 Å². The summed E-state index contributed by atoms with van der Waals surface area (Å²) in [5.41, 5.74) is 5.33. The number of carbonyl (C=O) groups is 2. The lowest BCUT2D eigenvalue weighted by Crippen LogP contribution is -2.45. The number of aryl methyl sites for hydroxylation is 2. The summed E-state index contributed by atoms with van der Waals surface area (Å²) in [6.45, 7) is 4.29. The van der Waals surface area contributed by atoms with Crippen LogP contribution in [0.1, 0.15) is 51.5 Å². The number of pyridine rings is 1. The van der Waals surface area contributed by atoms with Gasteiger partial charge >= 0.3 is 18.1 Å². The molecule has 9 heteroatoms. The molecule has 1 fully saturated rings. The maximum absolute atomic E-state index is 13.5. The second kappa shape index (κ2) is 10.9. The van der Waals surface area contributed by atoms with Gasteiger partial charge in [0.2, 0.25) is 0 Å². The molecule has 0 aliphatic carbocycles. The summed E-state index contributed by atoms with van der Waals surface area (Å²) >= 11 is 0. The van der Waals surface area contributed by atoms with Gasteiger partial charge in [0.25, 0.3) is 5.56 Å². The summed E-state index contributed by atoms with van der Waals surface area (Å²) in [5.74, 6) is -2.71. The fourth-order valence-corrected chi connectivity index (χ4v) is 5.59. The number of carbonyl (C=O) groups excluding carboxylic acids is 1. The third-order valence-corrected chi connectivity index (χ3v) is 7.93. The Labute approximate surface area is 234 Å². The number of alkyl halides is 3. The van der Waals surface area contributed by atoms with Crippen molar-refractivity contribution in [1.29, 1.82) is 0 Å². The quantitative estimate of drug-likeness (QED) is 0.310. The van der Waals surface area contributed by atoms with Gasteiger partial charge < -0.3 is 14.6 Å². The van der Waals surface area contributed by atoms with Gasteiger partial charge in [0.15, 0.2) is 0 Å². The van der Waals surface area contributed by atoms with Crippen LogP contribution < -0.4 is 5.56 Å². The van der Waals surface area contributed by atoms with Crippen molar-refractivity contribution in [3.05, 3.63) is 105 Å². The van der Waals surface area contributed by atoms with Gasteiger partial charge in [-0.25, -0.2) is 4.79 Å². The molecule has 1 amide bonds. The van der Waals surface area contributed by atoms with Gasteiger partial charge in [-0.05, 0) is 96.1 Å². The number of benzene rings is 3. The van der Waals surface area contributed by atoms with Crippen molar-refractivity contribution in [3.63, 3.8) is 0 Å². The Kier molecular flexibility index (Phi) is 7.46. The Balaban J connectivity index is 1.34. The molecule has 1 N–H and O–H groups in total. The summed E-state index contributed by atoms with van der Waals surface area (Å²) in [7, 11) is 0. The van der Waals surface area contributed by atoms with Crippen molar-refractivity contribution >= 4 is 22.6 Å². The number of piperidine rings is 1. The fraction of sp³-hybridized carbons (Fsp3) is 0.281. The van der Waals surface area contributed by atoms with E-state index in [1.165, 1.54) is 0 Å². The number of aromatic nitrogens is 1. The van der Waals surface area contributed by atoms with E-state index in [-0.39, 0.29) is 30.1 Å². The first kappa shape index (κ1) is 28.1. The molecule has 0 unspecified atom stereocenters. The first-order valence-corrected chi connectivity index (χ1v) is 13.4. The maximum atomic E-state index is 13.5. The zero-order chi connectivity index (χ0) is 29.5. The third kappa shape index (κ3) is 5.75. The number of amides is 1. The number of aromatic carboxylic acids is 1. The molecule has 0 radical (unpaired) electrons. The van der Waals surface area contributed by atoms with Crippen molar-refractivity contribution in [2.75, 3.05) is 13.1 Å². The summed E-state index contributed by atoms with van der Waals surface area (Å²) in [4.78, 5) is 37.3. The highest BCUT2D eigenvalue weighted by Crippen LogP contribution is 2.31. The number of carboxylic acid groups (broad SMARTS) is 1. The van der Waals surface area contributed by atoms with E-state index < -0.39 is 18.1 Å². The monoisotopic (exact) mass is 562 g/mol. The Morgan fingerprint density at radius 1 is 0.927 bits per heavy atom. The minimum Gasteiger partial charge on any atom is -0.478 e. The van der Waals surface area contributed by atoms with Gasteiger partial charge in [-0.15, -0.1) is 0 Å². The minimum absolute atomic E-state index is 0.0699. The summed E-state index contributed by atoms with van der Waals surface area (Å²) in [6, 6.07) is 20.2. The van der Waals surface area contributed by atoms with Gasteiger partial charge in [0.1, 0.15) is 0 Å². The highest BCUT2D eigenvalue weighted by molar-refractivity contribution is 5.92. The molecular weight excluding hydrogens is 533 g/mol. The zero-order valence-electron chi connectivity index (χ0n) is 22.7. The molecule has 5 rings (SSSR count). The average Bonchev–Trinajstić information content (AvgIpc) is 2.94. The Hall–Kier alpha value is -4.40. The predicted octanol–water partition coefficient (Wildman–Crippen LogP) is 6.30. The number of rotatable bonds is 5. The standard InChI is InChI=1S/C32H29F3N2O4/c1-19-3-6-25(30(39)40)17-28(19)24-9-10-27-26(16-24)15-20(2)37(29(27)38)18-21-4-7-22(8-5-21)23-11-13-36(14-12-23)31(41)32(33,34)35/h3-10,15-17,23H,11-14,18H2,1-2H3,(H,39,40). The normalized spacial score (nSPS) is 14.4. The van der Waals surface area contributed by atoms with Gasteiger partial charge in [-0.1, -0.05) is 36.4 Å². The Bertz CT molecular complexity index is 1700. The number of nitrogens with zero attached hydrogens (tertiary/aromatic N) is 2. The van der Waals surface area contributed by atoms with E-state index in [4.69, 9.17) is 0 Å². The molecule has 1 aromatic heterocycles. The van der Waals surface area contributed by atoms with Crippen molar-refractivity contribution in [2.24, 2.45) is 0 Å². The zero-order valence-corrected chi connectivity index (χ0v) is 22.7. The van der Waals surface area contributed by atoms with Crippen molar-refractivity contribution < 1.29 is 27.9 Å². The van der Waals surface area contributed by atoms with Crippen LogP contribution in [-0.4, -0.2) is 45.7 Å². The van der Waals surface area contributed by atoms with E-state index >= 15 is 0 Å². The van der Waals surface area contributed by atoms with E-state index in [1.54, 1.807) is 28.8 Å². The number of likely N-dealkylation sites (tertiary alicyclic amines) is 1. The van der Waals surface area contributed by atoms with Gasteiger partial charge in [-0.3, -0.25) is 9.59 Å². The molecule has 0 bridgehead atoms. The van der Waals surface area contributed by atoms with Gasteiger partial charge in [0, 0.05) is 24.2 Å². The lowest BCUT2D eigenvalue weighted by atomic mass is 9.89. The topological polar surface area (TPSA) is 79.6 Å². The van der Waals surface area contributed by atoms with E-state index in [0.717, 1.165) is 43.8 Å². The van der Waals surface area contributed by atoms with Crippen LogP contribution in [0.4, 0.5) is 13.2 Å². The van der Waals surface area contributed by atoms with Crippen LogP contribution in [0, 0.1) is 13.8 Å². The lowest BCUT2D eigenvalue weighted by molar-refractivity contribution is -0.186. The number of hydrogen-bond acceptors (Lipinski definition) is 3. The molecule has 3 aromatic carbocycles. The number of fused-ring (bicyclic) bond motifs is 1. The third-order valence-electron chi connectivity index (χ3n) is 7.93. The maximum Gasteiger partial charge on any atom is 0.471 e. The largest absolute Gasteiger partial charge is 0.478 e. The predicted molar refractivity (Wildman–Crippen MR) is 150 cm³/mol. The van der Waals surface area contributed by atoms with Gasteiger partial charge in [-0.2, -0.15) is 13.2 Å². The van der Waals surface area contributed by atoms with E-state index in [9.17, 15) is 32.7 Å². The van der Waals surface area contributed by atoms with E-state index in [1.807, 2.05) is 56.3 Å². The Morgan fingerprint density at radius 3 is 2.24 bits per heavy atom. The number of halogens is 3. The van der Waals surface area contributed by atoms with Crippen LogP contribution in [0.25, 0.3) is 21.9 Å². The van der Waals surface area contributed by atoms with Crippen LogP contribution in [-0.2, 0) is 11.3 Å². The average molecular weight is 563 g/mol. The second-order valence-electron chi connectivity index (χ2n) is 10.6. The molecule has 1 aliphatic heterocycles. The molecule has 1 saturated heterocycles. The molecule has 212 valence electrons. The van der Waals surface area contributed by atoms with Crippen LogP contribution >= 0.6 is 0 Å². The second-order valence-corrected chi connectivity index (χ2v) is 10.6. The highest BCUT2D eigenvalue weighted by atomic mass is 19.4. The molecule has 2 heterocycles. The molecule has 0 atom stereocenters. The first-order chi connectivity index (χ1) is 19.4. The first-order valence-electron chi connectivity index (χ1n) is 13.4. The van der Waals surface area contributed by atoms with E-state index in [2.05, 4.69) is 0 Å². The SMILES string of the molecule is Cc1ccc(C(=O)O)cc1-c1ccc2c(=O)n(Cc3ccc(C4CCN(C(=O)C(F)(F)F)CC4)cc3)c(C)cc2c1. The van der Waals surface area contributed by atoms with Crippen LogP contribution in [0.2, 0.25) is 0 Å². The molecule has 4 aromatic rings. The Morgan fingerprint density at radius 2 is 1.61 bits per heavy atom. The molecule has 1 aliphatic rings. The number of carboxylic acids is 1. The highest BCUT2D eigenvalue weighted by Gasteiger charge is 2.43. The summed E-state index contributed by atoms with van der Waals surface area (Å²) < 4.78 is 39.9. The smallest absolute Gasteiger partial charge is 0.471 e. The van der Waals surface area contributed by atoms with Gasteiger partial charge in [0.05, 0.1) is 12.1 Å². The molecular formula is C32H29F3N2O4. The molecule has 0 spiro atoms. The van der Waals surface area contributed by atoms with Crippen molar-refractivity contribution in [1.82, 2.24) is 9.47 Å². The summed E-state index contributed by atoms with van der Waals surface area (Å²) in [5, 5.41) is 10.7. The van der Waals surface area contributed by atoms with Crippen molar-refractivity contribution in [2.45, 2.75) is 45.3 Å².